The summed E-state index contributed by atoms with van der Waals surface area (Å²) < 4.78 is 17.2. The molecule has 0 aromatic heterocycles. The van der Waals surface area contributed by atoms with Crippen LogP contribution in [0, 0.1) is 0 Å². The molecule has 1 saturated heterocycles. The Bertz CT molecular complexity index is 1040. The van der Waals surface area contributed by atoms with Crippen LogP contribution in [0.25, 0.3) is 5.70 Å². The lowest BCUT2D eigenvalue weighted by atomic mass is 10.1. The van der Waals surface area contributed by atoms with Gasteiger partial charge in [-0.15, -0.1) is 0 Å². The summed E-state index contributed by atoms with van der Waals surface area (Å²) in [5.41, 5.74) is 3.51. The van der Waals surface area contributed by atoms with E-state index in [1.165, 1.54) is 0 Å². The topological polar surface area (TPSA) is 80.3 Å². The number of rotatable bonds is 9. The second-order valence-electron chi connectivity index (χ2n) is 8.03. The third-order valence-electron chi connectivity index (χ3n) is 5.89. The molecule has 2 aromatic carbocycles. The van der Waals surface area contributed by atoms with Crippen molar-refractivity contribution < 1.29 is 23.8 Å². The Kier molecular flexibility index (Phi) is 7.37. The van der Waals surface area contributed by atoms with E-state index in [-0.39, 0.29) is 24.8 Å². The summed E-state index contributed by atoms with van der Waals surface area (Å²) in [6.07, 6.45) is 0.125. The van der Waals surface area contributed by atoms with Gasteiger partial charge in [0, 0.05) is 55.0 Å². The summed E-state index contributed by atoms with van der Waals surface area (Å²) in [7, 11) is 0. The molecule has 0 aliphatic carbocycles. The normalized spacial score (nSPS) is 15.4. The van der Waals surface area contributed by atoms with Gasteiger partial charge in [0.05, 0.1) is 37.8 Å². The van der Waals surface area contributed by atoms with Crippen molar-refractivity contribution in [2.24, 2.45) is 0 Å². The van der Waals surface area contributed by atoms with Gasteiger partial charge in [-0.2, -0.15) is 0 Å². The van der Waals surface area contributed by atoms with E-state index in [0.29, 0.717) is 54.9 Å². The average Bonchev–Trinajstić information content (AvgIpc) is 3.09. The van der Waals surface area contributed by atoms with Crippen LogP contribution in [-0.2, 0) is 9.53 Å². The molecule has 0 saturated carbocycles. The van der Waals surface area contributed by atoms with Crippen molar-refractivity contribution in [2.75, 3.05) is 56.3 Å². The number of benzene rings is 2. The molecule has 4 rings (SSSR count). The van der Waals surface area contributed by atoms with Gasteiger partial charge in [-0.05, 0) is 19.9 Å². The van der Waals surface area contributed by atoms with Gasteiger partial charge in [0.2, 0.25) is 5.91 Å². The van der Waals surface area contributed by atoms with E-state index in [0.717, 1.165) is 24.3 Å². The number of fused-ring (bicyclic) bond motifs is 1. The van der Waals surface area contributed by atoms with Crippen LogP contribution in [0.4, 0.5) is 11.4 Å². The zero-order valence-corrected chi connectivity index (χ0v) is 19.8. The molecule has 0 unspecified atom stereocenters. The maximum Gasteiger partial charge on any atom is 0.258 e. The third-order valence-corrected chi connectivity index (χ3v) is 5.89. The molecule has 0 spiro atoms. The van der Waals surface area contributed by atoms with Gasteiger partial charge in [0.25, 0.3) is 5.91 Å². The number of nitrogens with one attached hydrogen (secondary N) is 1. The quantitative estimate of drug-likeness (QED) is 0.607. The van der Waals surface area contributed by atoms with E-state index in [9.17, 15) is 9.59 Å². The number of nitrogens with zero attached hydrogens (tertiary/aromatic N) is 2. The van der Waals surface area contributed by atoms with Crippen molar-refractivity contribution >= 4 is 28.9 Å². The van der Waals surface area contributed by atoms with Gasteiger partial charge in [-0.3, -0.25) is 9.59 Å². The molecule has 2 aliphatic heterocycles. The second-order valence-corrected chi connectivity index (χ2v) is 8.03. The molecule has 0 radical (unpaired) electrons. The fraction of sp³-hybridized carbons (Fsp3) is 0.385. The Morgan fingerprint density at radius 2 is 1.74 bits per heavy atom. The van der Waals surface area contributed by atoms with E-state index in [4.69, 9.17) is 14.2 Å². The first-order valence-electron chi connectivity index (χ1n) is 11.7. The predicted molar refractivity (Wildman–Crippen MR) is 132 cm³/mol. The standard InChI is InChI=1S/C26H31N3O5/c1-4-33-23-17-22(28-12-14-32-15-13-28)24(34-5-2)16-21(23)27-25(30)10-11-29-18(3)19-8-6-7-9-20(19)26(29)31/h6-9,16-17H,3-5,10-15H2,1-2H3,(H,27,30). The second kappa shape index (κ2) is 10.6. The number of hydrogen-bond acceptors (Lipinski definition) is 6. The Morgan fingerprint density at radius 3 is 2.41 bits per heavy atom. The maximum absolute atomic E-state index is 12.9. The molecule has 8 nitrogen and oxygen atoms in total. The molecule has 34 heavy (non-hydrogen) atoms. The first-order chi connectivity index (χ1) is 16.5. The number of carbonyl (C=O) groups is 2. The van der Waals surface area contributed by atoms with Crippen LogP contribution in [0.3, 0.4) is 0 Å². The highest BCUT2D eigenvalue weighted by Gasteiger charge is 2.30. The maximum atomic E-state index is 12.9. The van der Waals surface area contributed by atoms with E-state index in [2.05, 4.69) is 16.8 Å². The van der Waals surface area contributed by atoms with E-state index in [1.54, 1.807) is 11.0 Å². The van der Waals surface area contributed by atoms with Gasteiger partial charge in [0.15, 0.2) is 0 Å². The first kappa shape index (κ1) is 23.6. The molecule has 2 aromatic rings. The summed E-state index contributed by atoms with van der Waals surface area (Å²) in [5, 5.41) is 2.94. The van der Waals surface area contributed by atoms with E-state index >= 15 is 0 Å². The molecular formula is C26H31N3O5. The van der Waals surface area contributed by atoms with Crippen LogP contribution < -0.4 is 19.7 Å². The highest BCUT2D eigenvalue weighted by molar-refractivity contribution is 6.09. The molecule has 180 valence electrons. The molecule has 0 atom stereocenters. The minimum absolute atomic E-state index is 0.125. The molecule has 1 N–H and O–H groups in total. The highest BCUT2D eigenvalue weighted by atomic mass is 16.5. The molecular weight excluding hydrogens is 434 g/mol. The highest BCUT2D eigenvalue weighted by Crippen LogP contribution is 2.39. The number of morpholine rings is 1. The third kappa shape index (κ3) is 4.87. The van der Waals surface area contributed by atoms with Gasteiger partial charge in [-0.1, -0.05) is 24.8 Å². The van der Waals surface area contributed by atoms with Crippen molar-refractivity contribution in [3.8, 4) is 11.5 Å². The summed E-state index contributed by atoms with van der Waals surface area (Å²) >= 11 is 0. The van der Waals surface area contributed by atoms with Crippen LogP contribution in [0.5, 0.6) is 11.5 Å². The lowest BCUT2D eigenvalue weighted by molar-refractivity contribution is -0.116. The van der Waals surface area contributed by atoms with Crippen molar-refractivity contribution in [2.45, 2.75) is 20.3 Å². The summed E-state index contributed by atoms with van der Waals surface area (Å²) in [6.45, 7) is 11.9. The van der Waals surface area contributed by atoms with Crippen LogP contribution in [-0.4, -0.2) is 62.8 Å². The fourth-order valence-electron chi connectivity index (χ4n) is 4.24. The number of amides is 2. The minimum atomic E-state index is -0.223. The Hall–Kier alpha value is -3.52. The number of anilines is 2. The molecule has 0 bridgehead atoms. The Labute approximate surface area is 200 Å². The average molecular weight is 466 g/mol. The zero-order chi connectivity index (χ0) is 24.1. The van der Waals surface area contributed by atoms with Crippen molar-refractivity contribution in [3.63, 3.8) is 0 Å². The lowest BCUT2D eigenvalue weighted by Crippen LogP contribution is -2.36. The SMILES string of the molecule is C=C1c2ccccc2C(=O)N1CCC(=O)Nc1cc(OCC)c(N2CCOCC2)cc1OCC. The lowest BCUT2D eigenvalue weighted by Gasteiger charge is -2.31. The van der Waals surface area contributed by atoms with Crippen molar-refractivity contribution in [3.05, 3.63) is 54.1 Å². The predicted octanol–water partition coefficient (Wildman–Crippen LogP) is 3.78. The van der Waals surface area contributed by atoms with Gasteiger partial charge >= 0.3 is 0 Å². The minimum Gasteiger partial charge on any atom is -0.492 e. The van der Waals surface area contributed by atoms with Gasteiger partial charge < -0.3 is 29.3 Å². The Balaban J connectivity index is 1.48. The molecule has 2 amide bonds. The van der Waals surface area contributed by atoms with Crippen LogP contribution in [0.1, 0.15) is 36.2 Å². The van der Waals surface area contributed by atoms with Crippen molar-refractivity contribution in [1.29, 1.82) is 0 Å². The van der Waals surface area contributed by atoms with Crippen molar-refractivity contribution in [1.82, 2.24) is 4.90 Å². The number of ether oxygens (including phenoxy) is 3. The van der Waals surface area contributed by atoms with Gasteiger partial charge in [0.1, 0.15) is 11.5 Å². The Morgan fingerprint density at radius 1 is 1.06 bits per heavy atom. The van der Waals surface area contributed by atoms with Crippen LogP contribution in [0.15, 0.2) is 43.0 Å². The number of carbonyl (C=O) groups excluding carboxylic acids is 2. The fourth-order valence-corrected chi connectivity index (χ4v) is 4.24. The van der Waals surface area contributed by atoms with Gasteiger partial charge in [-0.25, -0.2) is 0 Å². The van der Waals surface area contributed by atoms with E-state index in [1.807, 2.05) is 44.2 Å². The molecule has 8 heteroatoms. The van der Waals surface area contributed by atoms with E-state index < -0.39 is 0 Å². The number of hydrogen-bond donors (Lipinski definition) is 1. The molecule has 1 fully saturated rings. The summed E-state index contributed by atoms with van der Waals surface area (Å²) in [5.74, 6) is 0.910. The smallest absolute Gasteiger partial charge is 0.258 e. The molecule has 2 aliphatic rings. The largest absolute Gasteiger partial charge is 0.492 e. The monoisotopic (exact) mass is 465 g/mol. The summed E-state index contributed by atoms with van der Waals surface area (Å²) in [4.78, 5) is 29.3. The van der Waals surface area contributed by atoms with Crippen LogP contribution in [0.2, 0.25) is 0 Å². The van der Waals surface area contributed by atoms with Crippen LogP contribution >= 0.6 is 0 Å². The first-order valence-corrected chi connectivity index (χ1v) is 11.7. The molecule has 2 heterocycles. The summed E-state index contributed by atoms with van der Waals surface area (Å²) in [6, 6.07) is 11.1. The zero-order valence-electron chi connectivity index (χ0n) is 19.8.